The largest absolute Gasteiger partial charge is 0.370 e. The second kappa shape index (κ2) is 6.91. The molecule has 1 heterocycles. The van der Waals surface area contributed by atoms with Gasteiger partial charge in [0.15, 0.2) is 0 Å². The normalized spacial score (nSPS) is 22.6. The molecular weight excluding hydrogens is 248 g/mol. The third kappa shape index (κ3) is 3.22. The highest BCUT2D eigenvalue weighted by Gasteiger charge is 2.24. The Bertz CT molecular complexity index is 424. The average molecular weight is 276 g/mol. The number of rotatable bonds is 5. The molecule has 1 aliphatic rings. The lowest BCUT2D eigenvalue weighted by molar-refractivity contribution is 0.339. The van der Waals surface area contributed by atoms with Gasteiger partial charge in [-0.15, -0.1) is 0 Å². The van der Waals surface area contributed by atoms with E-state index < -0.39 is 0 Å². The first-order valence-electron chi connectivity index (χ1n) is 7.97. The predicted octanol–water partition coefficient (Wildman–Crippen LogP) is 3.49. The standard InChI is InChI=1S/C16H28N4/c1-5-14-15(17-6-2)18-11-19-16(14)20(4)13-9-7-12(3)8-10-13/h11-13H,5-10H2,1-4H3,(H,17,18,19). The third-order valence-corrected chi connectivity index (χ3v) is 4.49. The smallest absolute Gasteiger partial charge is 0.137 e. The SMILES string of the molecule is CCNc1ncnc(N(C)C2CCC(C)CC2)c1CC. The van der Waals surface area contributed by atoms with Crippen LogP contribution in [0.1, 0.15) is 52.0 Å². The van der Waals surface area contributed by atoms with Gasteiger partial charge in [-0.2, -0.15) is 0 Å². The van der Waals surface area contributed by atoms with Crippen LogP contribution < -0.4 is 10.2 Å². The molecule has 1 saturated carbocycles. The zero-order valence-electron chi connectivity index (χ0n) is 13.3. The molecule has 1 fully saturated rings. The molecule has 1 aliphatic carbocycles. The fourth-order valence-corrected chi connectivity index (χ4v) is 3.16. The van der Waals surface area contributed by atoms with Crippen LogP contribution in [0.5, 0.6) is 0 Å². The van der Waals surface area contributed by atoms with Crippen LogP contribution in [0, 0.1) is 5.92 Å². The molecule has 4 heteroatoms. The number of nitrogens with zero attached hydrogens (tertiary/aromatic N) is 3. The number of anilines is 2. The monoisotopic (exact) mass is 276 g/mol. The highest BCUT2D eigenvalue weighted by atomic mass is 15.2. The molecule has 1 aromatic rings. The summed E-state index contributed by atoms with van der Waals surface area (Å²) in [6, 6.07) is 0.626. The van der Waals surface area contributed by atoms with Crippen molar-refractivity contribution >= 4 is 11.6 Å². The summed E-state index contributed by atoms with van der Waals surface area (Å²) < 4.78 is 0. The van der Waals surface area contributed by atoms with Crippen LogP contribution in [0.4, 0.5) is 11.6 Å². The fourth-order valence-electron chi connectivity index (χ4n) is 3.16. The summed E-state index contributed by atoms with van der Waals surface area (Å²) in [6.07, 6.45) is 7.88. The van der Waals surface area contributed by atoms with Gasteiger partial charge in [0.05, 0.1) is 0 Å². The van der Waals surface area contributed by atoms with Gasteiger partial charge in [0.2, 0.25) is 0 Å². The zero-order chi connectivity index (χ0) is 14.5. The molecule has 1 aromatic heterocycles. The number of aromatic nitrogens is 2. The maximum absolute atomic E-state index is 4.56. The molecule has 2 rings (SSSR count). The molecule has 0 spiro atoms. The molecule has 112 valence electrons. The highest BCUT2D eigenvalue weighted by Crippen LogP contribution is 2.31. The Labute approximate surface area is 123 Å². The lowest BCUT2D eigenvalue weighted by Crippen LogP contribution is -2.36. The van der Waals surface area contributed by atoms with Crippen molar-refractivity contribution < 1.29 is 0 Å². The summed E-state index contributed by atoms with van der Waals surface area (Å²) >= 11 is 0. The summed E-state index contributed by atoms with van der Waals surface area (Å²) in [4.78, 5) is 11.3. The molecule has 4 nitrogen and oxygen atoms in total. The van der Waals surface area contributed by atoms with Gasteiger partial charge in [-0.05, 0) is 44.9 Å². The van der Waals surface area contributed by atoms with Gasteiger partial charge >= 0.3 is 0 Å². The second-order valence-electron chi connectivity index (χ2n) is 5.93. The molecule has 1 N–H and O–H groups in total. The lowest BCUT2D eigenvalue weighted by atomic mass is 9.86. The van der Waals surface area contributed by atoms with Gasteiger partial charge in [0, 0.05) is 25.2 Å². The zero-order valence-corrected chi connectivity index (χ0v) is 13.3. The van der Waals surface area contributed by atoms with E-state index in [1.54, 1.807) is 6.33 Å². The van der Waals surface area contributed by atoms with Crippen molar-refractivity contribution in [3.8, 4) is 0 Å². The molecule has 0 amide bonds. The molecule has 0 atom stereocenters. The first-order valence-corrected chi connectivity index (χ1v) is 7.97. The minimum atomic E-state index is 0.626. The van der Waals surface area contributed by atoms with Gasteiger partial charge < -0.3 is 10.2 Å². The average Bonchev–Trinajstić information content (AvgIpc) is 2.47. The maximum atomic E-state index is 4.56. The quantitative estimate of drug-likeness (QED) is 0.894. The van der Waals surface area contributed by atoms with Crippen LogP contribution in [-0.4, -0.2) is 29.6 Å². The van der Waals surface area contributed by atoms with Crippen LogP contribution in [0.25, 0.3) is 0 Å². The predicted molar refractivity (Wildman–Crippen MR) is 85.4 cm³/mol. The van der Waals surface area contributed by atoms with Crippen molar-refractivity contribution in [1.82, 2.24) is 9.97 Å². The number of nitrogens with one attached hydrogen (secondary N) is 1. The second-order valence-corrected chi connectivity index (χ2v) is 5.93. The van der Waals surface area contributed by atoms with Crippen molar-refractivity contribution in [1.29, 1.82) is 0 Å². The first kappa shape index (κ1) is 15.1. The van der Waals surface area contributed by atoms with Gasteiger partial charge in [-0.25, -0.2) is 9.97 Å². The summed E-state index contributed by atoms with van der Waals surface area (Å²) in [6.45, 7) is 7.54. The summed E-state index contributed by atoms with van der Waals surface area (Å²) in [7, 11) is 2.19. The van der Waals surface area contributed by atoms with Gasteiger partial charge in [0.25, 0.3) is 0 Å². The summed E-state index contributed by atoms with van der Waals surface area (Å²) in [5.74, 6) is 2.99. The van der Waals surface area contributed by atoms with Crippen LogP contribution in [0.15, 0.2) is 6.33 Å². The van der Waals surface area contributed by atoms with E-state index in [1.165, 1.54) is 31.2 Å². The van der Waals surface area contributed by atoms with E-state index in [2.05, 4.69) is 48.0 Å². The van der Waals surface area contributed by atoms with Crippen molar-refractivity contribution in [2.75, 3.05) is 23.8 Å². The van der Waals surface area contributed by atoms with Gasteiger partial charge in [-0.3, -0.25) is 0 Å². The molecule has 20 heavy (non-hydrogen) atoms. The topological polar surface area (TPSA) is 41.1 Å². The Morgan fingerprint density at radius 2 is 1.90 bits per heavy atom. The third-order valence-electron chi connectivity index (χ3n) is 4.49. The Morgan fingerprint density at radius 3 is 2.50 bits per heavy atom. The van der Waals surface area contributed by atoms with E-state index in [9.17, 15) is 0 Å². The first-order chi connectivity index (χ1) is 9.67. The molecular formula is C16H28N4. The van der Waals surface area contributed by atoms with E-state index in [0.717, 1.165) is 30.5 Å². The van der Waals surface area contributed by atoms with Crippen molar-refractivity contribution in [2.24, 2.45) is 5.92 Å². The Balaban J connectivity index is 2.20. The van der Waals surface area contributed by atoms with E-state index in [1.807, 2.05) is 0 Å². The summed E-state index contributed by atoms with van der Waals surface area (Å²) in [5.41, 5.74) is 1.25. The molecule has 0 aliphatic heterocycles. The van der Waals surface area contributed by atoms with Gasteiger partial charge in [0.1, 0.15) is 18.0 Å². The van der Waals surface area contributed by atoms with Crippen LogP contribution in [0.2, 0.25) is 0 Å². The van der Waals surface area contributed by atoms with Crippen LogP contribution in [0.3, 0.4) is 0 Å². The minimum Gasteiger partial charge on any atom is -0.370 e. The van der Waals surface area contributed by atoms with Crippen molar-refractivity contribution in [3.63, 3.8) is 0 Å². The molecule has 0 aromatic carbocycles. The van der Waals surface area contributed by atoms with Crippen LogP contribution >= 0.6 is 0 Å². The number of hydrogen-bond acceptors (Lipinski definition) is 4. The Kier molecular flexibility index (Phi) is 5.21. The molecule has 0 bridgehead atoms. The van der Waals surface area contributed by atoms with Crippen LogP contribution in [-0.2, 0) is 6.42 Å². The Morgan fingerprint density at radius 1 is 1.20 bits per heavy atom. The fraction of sp³-hybridized carbons (Fsp3) is 0.750. The van der Waals surface area contributed by atoms with Crippen molar-refractivity contribution in [2.45, 2.75) is 58.9 Å². The minimum absolute atomic E-state index is 0.626. The van der Waals surface area contributed by atoms with E-state index in [0.29, 0.717) is 6.04 Å². The van der Waals surface area contributed by atoms with E-state index >= 15 is 0 Å². The maximum Gasteiger partial charge on any atom is 0.137 e. The molecule has 0 radical (unpaired) electrons. The lowest BCUT2D eigenvalue weighted by Gasteiger charge is -2.35. The van der Waals surface area contributed by atoms with E-state index in [-0.39, 0.29) is 0 Å². The van der Waals surface area contributed by atoms with Crippen molar-refractivity contribution in [3.05, 3.63) is 11.9 Å². The summed E-state index contributed by atoms with van der Waals surface area (Å²) in [5, 5.41) is 3.35. The molecule has 0 saturated heterocycles. The Hall–Kier alpha value is -1.32. The number of hydrogen-bond donors (Lipinski definition) is 1. The van der Waals surface area contributed by atoms with E-state index in [4.69, 9.17) is 0 Å². The van der Waals surface area contributed by atoms with Gasteiger partial charge in [-0.1, -0.05) is 13.8 Å². The molecule has 0 unspecified atom stereocenters. The highest BCUT2D eigenvalue weighted by molar-refractivity contribution is 5.58.